The Kier molecular flexibility index (Phi) is 4.88. The fraction of sp³-hybridized carbons (Fsp3) is 0.636. The molecule has 0 aliphatic carbocycles. The van der Waals surface area contributed by atoms with Crippen molar-refractivity contribution in [2.24, 2.45) is 0 Å². The van der Waals surface area contributed by atoms with Gasteiger partial charge in [0.1, 0.15) is 5.76 Å². The maximum atomic E-state index is 5.53. The molecule has 1 fully saturated rings. The third-order valence-electron chi connectivity index (χ3n) is 2.70. The molecule has 5 heteroatoms. The van der Waals surface area contributed by atoms with Crippen molar-refractivity contribution in [2.75, 3.05) is 32.8 Å². The SMILES string of the molecule is Brc1cc(CCCN2CCOCC2)oc1Br. The van der Waals surface area contributed by atoms with Crippen LogP contribution in [-0.2, 0) is 11.2 Å². The Morgan fingerprint density at radius 1 is 1.25 bits per heavy atom. The van der Waals surface area contributed by atoms with Gasteiger partial charge in [0, 0.05) is 19.5 Å². The zero-order valence-corrected chi connectivity index (χ0v) is 12.2. The molecule has 0 radical (unpaired) electrons. The standard InChI is InChI=1S/C11H15Br2NO2/c12-10-8-9(16-11(10)13)2-1-3-14-4-6-15-7-5-14/h8H,1-7H2. The minimum Gasteiger partial charge on any atom is -0.453 e. The fourth-order valence-corrected chi connectivity index (χ4v) is 2.47. The Labute approximate surface area is 112 Å². The molecule has 1 aromatic rings. The van der Waals surface area contributed by atoms with E-state index in [9.17, 15) is 0 Å². The van der Waals surface area contributed by atoms with Gasteiger partial charge < -0.3 is 9.15 Å². The highest BCUT2D eigenvalue weighted by molar-refractivity contribution is 9.13. The summed E-state index contributed by atoms with van der Waals surface area (Å²) in [6.45, 7) is 4.99. The van der Waals surface area contributed by atoms with E-state index in [2.05, 4.69) is 36.8 Å². The lowest BCUT2D eigenvalue weighted by Crippen LogP contribution is -2.36. The summed E-state index contributed by atoms with van der Waals surface area (Å²) < 4.78 is 12.6. The van der Waals surface area contributed by atoms with E-state index in [1.165, 1.54) is 0 Å². The number of aryl methyl sites for hydroxylation is 1. The molecule has 3 nitrogen and oxygen atoms in total. The summed E-state index contributed by atoms with van der Waals surface area (Å²) in [6, 6.07) is 2.03. The number of nitrogens with zero attached hydrogens (tertiary/aromatic N) is 1. The average Bonchev–Trinajstić information content (AvgIpc) is 2.60. The molecule has 1 aromatic heterocycles. The number of furan rings is 1. The van der Waals surface area contributed by atoms with Gasteiger partial charge in [0.05, 0.1) is 17.7 Å². The largest absolute Gasteiger partial charge is 0.453 e. The molecule has 1 aliphatic heterocycles. The Balaban J connectivity index is 1.71. The maximum Gasteiger partial charge on any atom is 0.183 e. The van der Waals surface area contributed by atoms with Crippen LogP contribution in [0.4, 0.5) is 0 Å². The summed E-state index contributed by atoms with van der Waals surface area (Å²) in [4.78, 5) is 2.44. The van der Waals surface area contributed by atoms with Crippen LogP contribution < -0.4 is 0 Å². The zero-order valence-electron chi connectivity index (χ0n) is 9.05. The topological polar surface area (TPSA) is 25.6 Å². The van der Waals surface area contributed by atoms with Gasteiger partial charge in [0.15, 0.2) is 4.67 Å². The molecule has 0 N–H and O–H groups in total. The van der Waals surface area contributed by atoms with Gasteiger partial charge >= 0.3 is 0 Å². The number of hydrogen-bond donors (Lipinski definition) is 0. The van der Waals surface area contributed by atoms with Gasteiger partial charge in [-0.2, -0.15) is 0 Å². The van der Waals surface area contributed by atoms with Crippen LogP contribution in [-0.4, -0.2) is 37.7 Å². The van der Waals surface area contributed by atoms with E-state index >= 15 is 0 Å². The molecule has 0 aromatic carbocycles. The second-order valence-electron chi connectivity index (χ2n) is 3.89. The van der Waals surface area contributed by atoms with Crippen LogP contribution in [0.2, 0.25) is 0 Å². The third-order valence-corrected chi connectivity index (χ3v) is 4.41. The zero-order chi connectivity index (χ0) is 11.4. The summed E-state index contributed by atoms with van der Waals surface area (Å²) >= 11 is 6.76. The van der Waals surface area contributed by atoms with Gasteiger partial charge in [-0.15, -0.1) is 0 Å². The first kappa shape index (κ1) is 12.6. The van der Waals surface area contributed by atoms with Crippen molar-refractivity contribution in [3.8, 4) is 0 Å². The number of ether oxygens (including phenoxy) is 1. The number of morpholine rings is 1. The monoisotopic (exact) mass is 351 g/mol. The van der Waals surface area contributed by atoms with Crippen LogP contribution in [0.15, 0.2) is 19.6 Å². The van der Waals surface area contributed by atoms with Gasteiger partial charge in [-0.1, -0.05) is 0 Å². The minimum absolute atomic E-state index is 0.786. The lowest BCUT2D eigenvalue weighted by Gasteiger charge is -2.26. The van der Waals surface area contributed by atoms with E-state index in [4.69, 9.17) is 9.15 Å². The molecule has 0 amide bonds. The first-order valence-corrected chi connectivity index (χ1v) is 7.08. The van der Waals surface area contributed by atoms with Gasteiger partial charge in [0.25, 0.3) is 0 Å². The van der Waals surface area contributed by atoms with E-state index < -0.39 is 0 Å². The number of hydrogen-bond acceptors (Lipinski definition) is 3. The van der Waals surface area contributed by atoms with Crippen LogP contribution in [0.1, 0.15) is 12.2 Å². The van der Waals surface area contributed by atoms with E-state index in [0.717, 1.165) is 60.6 Å². The molecular formula is C11H15Br2NO2. The van der Waals surface area contributed by atoms with Crippen LogP contribution in [0.25, 0.3) is 0 Å². The van der Waals surface area contributed by atoms with Gasteiger partial charge in [0.2, 0.25) is 0 Å². The first-order chi connectivity index (χ1) is 7.75. The van der Waals surface area contributed by atoms with Gasteiger partial charge in [-0.05, 0) is 50.9 Å². The van der Waals surface area contributed by atoms with E-state index in [-0.39, 0.29) is 0 Å². The highest BCUT2D eigenvalue weighted by atomic mass is 79.9. The Bertz CT molecular complexity index is 315. The molecule has 90 valence electrons. The molecule has 0 saturated carbocycles. The van der Waals surface area contributed by atoms with Gasteiger partial charge in [-0.3, -0.25) is 4.90 Å². The summed E-state index contributed by atoms with van der Waals surface area (Å²) in [5, 5.41) is 0. The maximum absolute atomic E-state index is 5.53. The van der Waals surface area contributed by atoms with Crippen molar-refractivity contribution < 1.29 is 9.15 Å². The van der Waals surface area contributed by atoms with Crippen molar-refractivity contribution in [1.29, 1.82) is 0 Å². The average molecular weight is 353 g/mol. The summed E-state index contributed by atoms with van der Waals surface area (Å²) in [5.74, 6) is 1.03. The Hall–Kier alpha value is 0.160. The molecule has 2 heterocycles. The third kappa shape index (κ3) is 3.58. The quantitative estimate of drug-likeness (QED) is 0.832. The van der Waals surface area contributed by atoms with E-state index in [0.29, 0.717) is 0 Å². The fourth-order valence-electron chi connectivity index (χ4n) is 1.82. The van der Waals surface area contributed by atoms with Crippen molar-refractivity contribution >= 4 is 31.9 Å². The number of halogens is 2. The molecule has 2 rings (SSSR count). The predicted molar refractivity (Wildman–Crippen MR) is 69.7 cm³/mol. The summed E-state index contributed by atoms with van der Waals surface area (Å²) in [5.41, 5.74) is 0. The highest BCUT2D eigenvalue weighted by Crippen LogP contribution is 2.27. The molecule has 1 saturated heterocycles. The lowest BCUT2D eigenvalue weighted by molar-refractivity contribution is 0.0373. The second kappa shape index (κ2) is 6.19. The first-order valence-electron chi connectivity index (χ1n) is 5.49. The molecule has 0 spiro atoms. The van der Waals surface area contributed by atoms with Crippen molar-refractivity contribution in [3.63, 3.8) is 0 Å². The predicted octanol–water partition coefficient (Wildman–Crippen LogP) is 3.07. The molecular weight excluding hydrogens is 338 g/mol. The van der Waals surface area contributed by atoms with E-state index in [1.54, 1.807) is 0 Å². The van der Waals surface area contributed by atoms with Crippen LogP contribution in [0, 0.1) is 0 Å². The van der Waals surface area contributed by atoms with Crippen LogP contribution in [0.5, 0.6) is 0 Å². The smallest absolute Gasteiger partial charge is 0.183 e. The Morgan fingerprint density at radius 2 is 2.00 bits per heavy atom. The molecule has 0 bridgehead atoms. The summed E-state index contributed by atoms with van der Waals surface area (Å²) in [6.07, 6.45) is 2.12. The Morgan fingerprint density at radius 3 is 2.62 bits per heavy atom. The number of rotatable bonds is 4. The highest BCUT2D eigenvalue weighted by Gasteiger charge is 2.10. The van der Waals surface area contributed by atoms with Crippen LogP contribution in [0.3, 0.4) is 0 Å². The summed E-state index contributed by atoms with van der Waals surface area (Å²) in [7, 11) is 0. The second-order valence-corrected chi connectivity index (χ2v) is 5.47. The van der Waals surface area contributed by atoms with Crippen molar-refractivity contribution in [2.45, 2.75) is 12.8 Å². The molecule has 0 unspecified atom stereocenters. The normalized spacial score (nSPS) is 17.9. The van der Waals surface area contributed by atoms with Gasteiger partial charge in [-0.25, -0.2) is 0 Å². The van der Waals surface area contributed by atoms with Crippen LogP contribution >= 0.6 is 31.9 Å². The molecule has 0 atom stereocenters. The van der Waals surface area contributed by atoms with Crippen molar-refractivity contribution in [3.05, 3.63) is 21.0 Å². The van der Waals surface area contributed by atoms with E-state index in [1.807, 2.05) is 6.07 Å². The lowest BCUT2D eigenvalue weighted by atomic mass is 10.2. The minimum atomic E-state index is 0.786. The molecule has 1 aliphatic rings. The van der Waals surface area contributed by atoms with Crippen molar-refractivity contribution in [1.82, 2.24) is 4.90 Å². The molecule has 16 heavy (non-hydrogen) atoms.